The van der Waals surface area contributed by atoms with Crippen molar-refractivity contribution in [1.82, 2.24) is 5.32 Å². The lowest BCUT2D eigenvalue weighted by Crippen LogP contribution is -2.41. The summed E-state index contributed by atoms with van der Waals surface area (Å²) in [4.78, 5) is 24.0. The number of rotatable bonds is 3. The highest BCUT2D eigenvalue weighted by Crippen LogP contribution is 2.20. The van der Waals surface area contributed by atoms with E-state index in [1.54, 1.807) is 36.4 Å². The Morgan fingerprint density at radius 2 is 1.91 bits per heavy atom. The summed E-state index contributed by atoms with van der Waals surface area (Å²) in [5.74, 6) is -1.31. The lowest BCUT2D eigenvalue weighted by atomic mass is 9.98. The van der Waals surface area contributed by atoms with Crippen LogP contribution in [0.1, 0.15) is 21.5 Å². The molecule has 0 bridgehead atoms. The molecule has 1 N–H and O–H groups in total. The first-order valence-corrected chi connectivity index (χ1v) is 6.95. The highest BCUT2D eigenvalue weighted by atomic mass is 19.1. The third-order valence-corrected chi connectivity index (χ3v) is 3.60. The average Bonchev–Trinajstić information content (AvgIpc) is 2.54. The summed E-state index contributed by atoms with van der Waals surface area (Å²) < 4.78 is 18.7. The fourth-order valence-electron chi connectivity index (χ4n) is 2.42. The van der Waals surface area contributed by atoms with Crippen LogP contribution in [0.4, 0.5) is 4.39 Å². The second-order valence-corrected chi connectivity index (χ2v) is 5.06. The molecule has 1 amide bonds. The fraction of sp³-hybridized carbons (Fsp3) is 0.176. The molecule has 1 aliphatic rings. The predicted octanol–water partition coefficient (Wildman–Crippen LogP) is 2.22. The number of ether oxygens (including phenoxy) is 1. The molecule has 1 atom stereocenters. The van der Waals surface area contributed by atoms with Crippen molar-refractivity contribution in [1.29, 1.82) is 0 Å². The zero-order chi connectivity index (χ0) is 15.5. The minimum Gasteiger partial charge on any atom is -0.448 e. The standard InChI is InChI=1S/C17H14FNO3/c18-14-8-4-2-6-12(14)10-19-16(20)15-9-11-5-1-3-7-13(11)17(21)22-15/h1-8,15H,9-10H2,(H,19,20). The molecular weight excluding hydrogens is 285 g/mol. The molecule has 0 saturated carbocycles. The predicted molar refractivity (Wildman–Crippen MR) is 77.6 cm³/mol. The van der Waals surface area contributed by atoms with Gasteiger partial charge >= 0.3 is 5.97 Å². The van der Waals surface area contributed by atoms with E-state index >= 15 is 0 Å². The number of cyclic esters (lactones) is 1. The van der Waals surface area contributed by atoms with Crippen LogP contribution in [0, 0.1) is 5.82 Å². The molecule has 0 saturated heterocycles. The smallest absolute Gasteiger partial charge is 0.339 e. The molecule has 2 aromatic carbocycles. The number of hydrogen-bond acceptors (Lipinski definition) is 3. The molecule has 0 spiro atoms. The number of halogens is 1. The summed E-state index contributed by atoms with van der Waals surface area (Å²) in [6, 6.07) is 13.2. The monoisotopic (exact) mass is 299 g/mol. The van der Waals surface area contributed by atoms with Gasteiger partial charge in [-0.25, -0.2) is 9.18 Å². The van der Waals surface area contributed by atoms with Gasteiger partial charge in [-0.3, -0.25) is 4.79 Å². The first kappa shape index (κ1) is 14.3. The van der Waals surface area contributed by atoms with E-state index in [1.807, 2.05) is 6.07 Å². The number of carbonyl (C=O) groups excluding carboxylic acids is 2. The first-order chi connectivity index (χ1) is 10.6. The Bertz CT molecular complexity index is 729. The number of nitrogens with one attached hydrogen (secondary N) is 1. The fourth-order valence-corrected chi connectivity index (χ4v) is 2.42. The van der Waals surface area contributed by atoms with Gasteiger partial charge in [0.2, 0.25) is 0 Å². The molecule has 1 heterocycles. The molecule has 0 radical (unpaired) electrons. The van der Waals surface area contributed by atoms with Crippen molar-refractivity contribution < 1.29 is 18.7 Å². The van der Waals surface area contributed by atoms with E-state index in [2.05, 4.69) is 5.32 Å². The van der Waals surface area contributed by atoms with Crippen molar-refractivity contribution in [3.8, 4) is 0 Å². The zero-order valence-corrected chi connectivity index (χ0v) is 11.7. The first-order valence-electron chi connectivity index (χ1n) is 6.95. The van der Waals surface area contributed by atoms with E-state index < -0.39 is 18.0 Å². The number of amides is 1. The van der Waals surface area contributed by atoms with Gasteiger partial charge in [0.1, 0.15) is 5.82 Å². The Balaban J connectivity index is 1.67. The normalized spacial score (nSPS) is 16.6. The number of hydrogen-bond donors (Lipinski definition) is 1. The Labute approximate surface area is 126 Å². The van der Waals surface area contributed by atoms with Crippen LogP contribution in [0.25, 0.3) is 0 Å². The number of benzene rings is 2. The van der Waals surface area contributed by atoms with Crippen LogP contribution in [-0.2, 0) is 22.5 Å². The van der Waals surface area contributed by atoms with Gasteiger partial charge in [0.25, 0.3) is 5.91 Å². The van der Waals surface area contributed by atoms with Gasteiger partial charge in [-0.05, 0) is 17.7 Å². The van der Waals surface area contributed by atoms with E-state index in [4.69, 9.17) is 4.74 Å². The maximum Gasteiger partial charge on any atom is 0.339 e. The minimum atomic E-state index is -0.880. The van der Waals surface area contributed by atoms with Crippen LogP contribution in [0.3, 0.4) is 0 Å². The van der Waals surface area contributed by atoms with Gasteiger partial charge in [-0.1, -0.05) is 36.4 Å². The van der Waals surface area contributed by atoms with E-state index in [0.29, 0.717) is 17.5 Å². The molecule has 4 nitrogen and oxygen atoms in total. The van der Waals surface area contributed by atoms with Crippen molar-refractivity contribution in [3.05, 3.63) is 71.0 Å². The van der Waals surface area contributed by atoms with Gasteiger partial charge in [-0.2, -0.15) is 0 Å². The minimum absolute atomic E-state index is 0.0567. The quantitative estimate of drug-likeness (QED) is 0.884. The molecular formula is C17H14FNO3. The molecule has 22 heavy (non-hydrogen) atoms. The summed E-state index contributed by atoms with van der Waals surface area (Å²) in [5.41, 5.74) is 1.66. The molecule has 5 heteroatoms. The summed E-state index contributed by atoms with van der Waals surface area (Å²) in [6.45, 7) is 0.0567. The van der Waals surface area contributed by atoms with Gasteiger partial charge < -0.3 is 10.1 Å². The van der Waals surface area contributed by atoms with Crippen molar-refractivity contribution >= 4 is 11.9 Å². The molecule has 0 aromatic heterocycles. The van der Waals surface area contributed by atoms with E-state index in [0.717, 1.165) is 5.56 Å². The van der Waals surface area contributed by atoms with Crippen LogP contribution in [0.15, 0.2) is 48.5 Å². The third kappa shape index (κ3) is 2.83. The molecule has 3 rings (SSSR count). The number of esters is 1. The Kier molecular flexibility index (Phi) is 3.87. The Hall–Kier alpha value is -2.69. The molecule has 1 unspecified atom stereocenters. The Morgan fingerprint density at radius 1 is 1.18 bits per heavy atom. The SMILES string of the molecule is O=C1OC(C(=O)NCc2ccccc2F)Cc2ccccc21. The zero-order valence-electron chi connectivity index (χ0n) is 11.7. The van der Waals surface area contributed by atoms with E-state index in [9.17, 15) is 14.0 Å². The van der Waals surface area contributed by atoms with E-state index in [-0.39, 0.29) is 12.4 Å². The van der Waals surface area contributed by atoms with Gasteiger partial charge in [0.15, 0.2) is 6.10 Å². The second-order valence-electron chi connectivity index (χ2n) is 5.06. The van der Waals surface area contributed by atoms with Crippen molar-refractivity contribution in [3.63, 3.8) is 0 Å². The molecule has 1 aliphatic heterocycles. The number of carbonyl (C=O) groups is 2. The number of fused-ring (bicyclic) bond motifs is 1. The highest BCUT2D eigenvalue weighted by Gasteiger charge is 2.30. The summed E-state index contributed by atoms with van der Waals surface area (Å²) in [7, 11) is 0. The lowest BCUT2D eigenvalue weighted by Gasteiger charge is -2.23. The highest BCUT2D eigenvalue weighted by molar-refractivity contribution is 5.95. The van der Waals surface area contributed by atoms with Crippen molar-refractivity contribution in [2.24, 2.45) is 0 Å². The van der Waals surface area contributed by atoms with Gasteiger partial charge in [0, 0.05) is 18.5 Å². The van der Waals surface area contributed by atoms with Crippen LogP contribution in [-0.4, -0.2) is 18.0 Å². The maximum absolute atomic E-state index is 13.5. The molecule has 112 valence electrons. The largest absolute Gasteiger partial charge is 0.448 e. The molecule has 0 fully saturated rings. The second kappa shape index (κ2) is 5.97. The topological polar surface area (TPSA) is 55.4 Å². The molecule has 2 aromatic rings. The summed E-state index contributed by atoms with van der Waals surface area (Å²) in [6.07, 6.45) is -0.556. The molecule has 0 aliphatic carbocycles. The van der Waals surface area contributed by atoms with Crippen LogP contribution < -0.4 is 5.32 Å². The van der Waals surface area contributed by atoms with Crippen molar-refractivity contribution in [2.75, 3.05) is 0 Å². The van der Waals surface area contributed by atoms with Gasteiger partial charge in [-0.15, -0.1) is 0 Å². The van der Waals surface area contributed by atoms with Crippen LogP contribution in [0.5, 0.6) is 0 Å². The van der Waals surface area contributed by atoms with Gasteiger partial charge in [0.05, 0.1) is 5.56 Å². The van der Waals surface area contributed by atoms with Crippen molar-refractivity contribution in [2.45, 2.75) is 19.1 Å². The average molecular weight is 299 g/mol. The summed E-state index contributed by atoms with van der Waals surface area (Å²) in [5, 5.41) is 2.60. The summed E-state index contributed by atoms with van der Waals surface area (Å²) >= 11 is 0. The third-order valence-electron chi connectivity index (χ3n) is 3.60. The maximum atomic E-state index is 13.5. The van der Waals surface area contributed by atoms with E-state index in [1.165, 1.54) is 6.07 Å². The van der Waals surface area contributed by atoms with Crippen LogP contribution in [0.2, 0.25) is 0 Å². The van der Waals surface area contributed by atoms with Crippen LogP contribution >= 0.6 is 0 Å². The Morgan fingerprint density at radius 3 is 2.73 bits per heavy atom. The lowest BCUT2D eigenvalue weighted by molar-refractivity contribution is -0.130.